The molecule has 18 atom stereocenters. The number of carboxylic acid groups (broad SMARTS) is 2. The predicted molar refractivity (Wildman–Crippen MR) is 429 cm³/mol. The normalized spacial score (nSPS) is 26.2. The maximum atomic E-state index is 16.7. The maximum absolute atomic E-state index is 16.7. The first-order valence-electron chi connectivity index (χ1n) is 39.4. The van der Waals surface area contributed by atoms with E-state index in [1.807, 2.05) is 0 Å². The Hall–Kier alpha value is -12.3. The van der Waals surface area contributed by atoms with Crippen LogP contribution in [-0.2, 0) is 68.6 Å². The van der Waals surface area contributed by atoms with Crippen LogP contribution in [0.25, 0.3) is 11.1 Å². The fourth-order valence-corrected chi connectivity index (χ4v) is 15.7. The number of aliphatic hydroxyl groups is 6. The lowest BCUT2D eigenvalue weighted by atomic mass is 9.89. The Labute approximate surface area is 714 Å². The molecule has 0 unspecified atom stereocenters. The second-order valence-electron chi connectivity index (χ2n) is 30.4. The summed E-state index contributed by atoms with van der Waals surface area (Å²) in [4.78, 5) is 148. The van der Waals surface area contributed by atoms with Crippen molar-refractivity contribution >= 4 is 82.5 Å². The average molecular weight is 1760 g/mol. The summed E-state index contributed by atoms with van der Waals surface area (Å²) in [5.41, 5.74) is -3.38. The molecule has 658 valence electrons. The van der Waals surface area contributed by atoms with Crippen molar-refractivity contribution in [3.8, 4) is 80.1 Å². The van der Waals surface area contributed by atoms with Crippen LogP contribution in [0.1, 0.15) is 147 Å². The van der Waals surface area contributed by atoms with Crippen molar-refractivity contribution < 1.29 is 147 Å². The van der Waals surface area contributed by atoms with Crippen molar-refractivity contribution in [2.45, 2.75) is 188 Å². The van der Waals surface area contributed by atoms with Gasteiger partial charge in [0.15, 0.2) is 35.1 Å². The number of unbranched alkanes of at least 4 members (excludes halogenated alkanes) is 7. The number of phenolic OH excluding ortho intramolecular Hbond substituents is 4. The zero-order chi connectivity index (χ0) is 89.0. The van der Waals surface area contributed by atoms with Crippen molar-refractivity contribution in [1.82, 2.24) is 42.5 Å². The van der Waals surface area contributed by atoms with Crippen molar-refractivity contribution in [3.05, 3.63) is 164 Å². The van der Waals surface area contributed by atoms with Crippen LogP contribution in [0, 0.1) is 0 Å². The van der Waals surface area contributed by atoms with Crippen molar-refractivity contribution in [3.63, 3.8) is 0 Å². The topological polar surface area (TPSA) is 584 Å². The van der Waals surface area contributed by atoms with Gasteiger partial charge in [0.1, 0.15) is 132 Å². The number of hydrogen-bond acceptors (Lipinski definition) is 29. The number of rotatable bonds is 19. The largest absolute Gasteiger partial charge is 0.508 e. The van der Waals surface area contributed by atoms with Gasteiger partial charge < -0.3 is 142 Å². The number of amides is 7. The summed E-state index contributed by atoms with van der Waals surface area (Å²) in [7, 11) is 1.42. The van der Waals surface area contributed by atoms with Crippen molar-refractivity contribution in [2.75, 3.05) is 13.7 Å². The summed E-state index contributed by atoms with van der Waals surface area (Å²) < 4.78 is 49.2. The summed E-state index contributed by atoms with van der Waals surface area (Å²) in [6.07, 6.45) is -15.5. The highest BCUT2D eigenvalue weighted by molar-refractivity contribution is 6.33. The number of aliphatic hydroxyl groups excluding tert-OH is 6. The number of nitrogens with one attached hydrogen (secondary N) is 8. The fraction of sp³-hybridized carbons (Fsp3) is 0.381. The van der Waals surface area contributed by atoms with Crippen LogP contribution in [0.2, 0.25) is 10.0 Å². The van der Waals surface area contributed by atoms with Crippen LogP contribution in [0.3, 0.4) is 0 Å². The molecule has 40 heteroatoms. The Kier molecular flexibility index (Phi) is 27.5. The van der Waals surface area contributed by atoms with E-state index in [0.717, 1.165) is 118 Å². The van der Waals surface area contributed by atoms with Gasteiger partial charge in [0, 0.05) is 54.2 Å². The van der Waals surface area contributed by atoms with E-state index in [1.165, 1.54) is 49.5 Å². The summed E-state index contributed by atoms with van der Waals surface area (Å²) in [5.74, 6) is -20.6. The number of aliphatic carboxylic acids is 2. The summed E-state index contributed by atoms with van der Waals surface area (Å²) in [6.45, 7) is 2.33. The highest BCUT2D eigenvalue weighted by atomic mass is 35.5. The lowest BCUT2D eigenvalue weighted by Crippen LogP contribution is -2.66. The number of fused-ring (bicyclic) bond motifs is 14. The second kappa shape index (κ2) is 38.2. The molecule has 7 amide bonds. The first kappa shape index (κ1) is 89.4. The Morgan fingerprint density at radius 2 is 1.16 bits per heavy atom. The monoisotopic (exact) mass is 1760 g/mol. The van der Waals surface area contributed by atoms with Gasteiger partial charge in [0.05, 0.1) is 10.0 Å². The number of phenols is 4. The van der Waals surface area contributed by atoms with E-state index in [9.17, 15) is 85.3 Å². The molecule has 20 N–H and O–H groups in total. The minimum Gasteiger partial charge on any atom is -0.508 e. The Bertz CT molecular complexity index is 5300. The highest BCUT2D eigenvalue weighted by Gasteiger charge is 2.52. The molecule has 0 spiro atoms. The number of aromatic hydroxyl groups is 4. The molecule has 7 aromatic carbocycles. The molecular weight excluding hydrogens is 1670 g/mol. The molecule has 8 heterocycles. The summed E-state index contributed by atoms with van der Waals surface area (Å²) >= 11 is 14.2. The number of ether oxygens (including phenoxy) is 8. The van der Waals surface area contributed by atoms with Crippen LogP contribution in [0.15, 0.2) is 115 Å². The Morgan fingerprint density at radius 1 is 0.524 bits per heavy atom. The van der Waals surface area contributed by atoms with Crippen LogP contribution in [0.5, 0.6) is 69.0 Å². The van der Waals surface area contributed by atoms with Gasteiger partial charge in [-0.3, -0.25) is 38.4 Å². The van der Waals surface area contributed by atoms with Gasteiger partial charge in [-0.1, -0.05) is 105 Å². The molecule has 0 radical (unpaired) electrons. The van der Waals surface area contributed by atoms with E-state index in [4.69, 9.17) is 61.1 Å². The van der Waals surface area contributed by atoms with E-state index >= 15 is 24.0 Å². The third-order valence-corrected chi connectivity index (χ3v) is 22.4. The van der Waals surface area contributed by atoms with Crippen LogP contribution >= 0.6 is 23.2 Å². The van der Waals surface area contributed by atoms with E-state index in [0.29, 0.717) is 12.8 Å². The lowest BCUT2D eigenvalue weighted by molar-refractivity contribution is -0.278. The van der Waals surface area contributed by atoms with Gasteiger partial charge in [-0.05, 0) is 114 Å². The molecule has 38 nitrogen and oxygen atoms in total. The van der Waals surface area contributed by atoms with Gasteiger partial charge in [0.2, 0.25) is 59.7 Å². The van der Waals surface area contributed by atoms with Crippen LogP contribution in [-0.4, -0.2) is 208 Å². The van der Waals surface area contributed by atoms with Crippen LogP contribution in [0.4, 0.5) is 0 Å². The number of benzene rings is 7. The number of carbonyl (C=O) groups excluding carboxylic acids is 8. The summed E-state index contributed by atoms with van der Waals surface area (Å²) in [6, 6.07) is 4.24. The zero-order valence-electron chi connectivity index (χ0n) is 66.1. The first-order valence-corrected chi connectivity index (χ1v) is 40.2. The van der Waals surface area contributed by atoms with E-state index < -0.39 is 277 Å². The second-order valence-corrected chi connectivity index (χ2v) is 31.2. The number of esters is 1. The van der Waals surface area contributed by atoms with E-state index in [-0.39, 0.29) is 40.4 Å². The minimum absolute atomic E-state index is 0.154. The molecule has 0 aliphatic carbocycles. The molecule has 8 aliphatic rings. The smallest absolute Gasteiger partial charge is 0.335 e. The third kappa shape index (κ3) is 19.5. The van der Waals surface area contributed by atoms with Gasteiger partial charge >= 0.3 is 17.9 Å². The first-order chi connectivity index (χ1) is 59.2. The molecule has 2 fully saturated rings. The number of carbonyl (C=O) groups is 10. The van der Waals surface area contributed by atoms with Crippen molar-refractivity contribution in [1.29, 1.82) is 0 Å². The highest BCUT2D eigenvalue weighted by Crippen LogP contribution is 2.50. The van der Waals surface area contributed by atoms with E-state index in [1.54, 1.807) is 0 Å². The van der Waals surface area contributed by atoms with Gasteiger partial charge in [0.25, 0.3) is 0 Å². The average Bonchev–Trinajstić information content (AvgIpc) is 0.758. The molecule has 15 rings (SSSR count). The van der Waals surface area contributed by atoms with Gasteiger partial charge in [-0.2, -0.15) is 0 Å². The predicted octanol–water partition coefficient (Wildman–Crippen LogP) is 4.51. The SMILES string of the molecule is CCCCCCCCCCC(=O)N[C@H]1[C@H](Oc2c3cc4cc2Oc2ccc(cc2Cl)[C@@H](O)[C@@H]2NC(=O)[C@H](NC(=O)[C@@H]4NC(=O)[C@H]4NC(=O)[C@@H](Cc5ccc(cc5)O3)NC(=O)[C@H](NC)c3ccc(O)c(c3)Oc3cc(O)c(Cl)c4c3)c3ccc(O)c(c3)-c3c(O[C@H]4O[C@H](COC(C)=O)[C@@H](O)[C@H](O)[C@@H]4O)cc(O)cc3[C@@H](C(=O)O)NC2=O)O[C@H](C(=O)O)[C@@H](O)[C@@H]1O. The molecule has 8 aliphatic heterocycles. The van der Waals surface area contributed by atoms with E-state index in [2.05, 4.69) is 49.5 Å². The number of likely N-dealkylation sites (N-methyl/N-ethyl adjacent to an activating group) is 1. The zero-order valence-corrected chi connectivity index (χ0v) is 67.6. The molecule has 17 bridgehead atoms. The van der Waals surface area contributed by atoms with Crippen molar-refractivity contribution in [2.24, 2.45) is 0 Å². The molecule has 124 heavy (non-hydrogen) atoms. The van der Waals surface area contributed by atoms with Gasteiger partial charge in [-0.15, -0.1) is 0 Å². The number of hydrogen-bond donors (Lipinski definition) is 20. The number of carboxylic acids is 2. The Balaban J connectivity index is 1.04. The fourth-order valence-electron chi connectivity index (χ4n) is 15.3. The maximum Gasteiger partial charge on any atom is 0.335 e. The third-order valence-electron chi connectivity index (χ3n) is 21.7. The lowest BCUT2D eigenvalue weighted by Gasteiger charge is -2.41. The quantitative estimate of drug-likeness (QED) is 0.0391. The van der Waals surface area contributed by atoms with Crippen LogP contribution < -0.4 is 66.2 Å². The standard InChI is InChI=1S/C84H88Cl2N8O30/c1-4-5-6-7-8-9-10-11-12-57(100)89-66-69(103)71(105)74(82(115)116)124-83(66)123-73-54-27-39-28-55(73)120-51-22-17-38(25-46(51)85)67(101)65-80(112)93-64(81(113)114)44-29-40(96)30-53(121-84-72(106)70(104)68(102)56(122-84)33-117-34(2)95)58(44)43-24-36(15-20-48(43)97)61(77(109)94-65)90-78(110)62(39)91-79(111)63-45-31-42(32-50(99)59(45)86)119-52-26-37(16-21-49(52)98)60(87-3)76(108)88-47(75(107)92-63)23-35-13-18-41(118-54)19-14-35/h13-22,24-32,47,56,60-72,74,83-84,87,96-99,101-106H,4-12,23,33H2,1-3H3,(H,88,108)(H,89,100)(H,90,110)(H,91,111)(H,92,107)(H,93,112)(H,94,109)(H,113,114)(H,115,116)/t47-,56-,60-,61-,62-,63+,64+,65+,66-,67-,68-,69-,70+,71+,72+,74+,83-,84+/m1/s1. The summed E-state index contributed by atoms with van der Waals surface area (Å²) in [5, 5.41) is 158. The van der Waals surface area contributed by atoms with Gasteiger partial charge in [-0.25, -0.2) is 9.59 Å². The minimum atomic E-state index is -2.48. The molecule has 0 saturated carbocycles. The molecular formula is C84H88Cl2N8O30. The Morgan fingerprint density at radius 3 is 1.85 bits per heavy atom. The molecule has 2 saturated heterocycles. The number of halogens is 2. The molecule has 0 aromatic heterocycles. The molecule has 7 aromatic rings.